The summed E-state index contributed by atoms with van der Waals surface area (Å²) >= 11 is 7.12. The fourth-order valence-electron chi connectivity index (χ4n) is 2.71. The van der Waals surface area contributed by atoms with Crippen LogP contribution in [0.25, 0.3) is 21.8 Å². The normalized spacial score (nSPS) is 12.0. The van der Waals surface area contributed by atoms with Gasteiger partial charge in [-0.2, -0.15) is 0 Å². The molecule has 0 spiro atoms. The Balaban J connectivity index is 1.69. The summed E-state index contributed by atoms with van der Waals surface area (Å²) in [5.74, 6) is -1.79. The molecule has 0 aliphatic carbocycles. The molecular weight excluding hydrogens is 452 g/mol. The Morgan fingerprint density at radius 3 is 2.53 bits per heavy atom. The molecule has 0 radical (unpaired) electrons. The number of hydrogen-bond acceptors (Lipinski definition) is 6. The number of benzene rings is 2. The molecule has 4 rings (SSSR count). The van der Waals surface area contributed by atoms with Crippen molar-refractivity contribution in [2.45, 2.75) is 4.90 Å². The van der Waals surface area contributed by atoms with E-state index in [4.69, 9.17) is 17.3 Å². The lowest BCUT2D eigenvalue weighted by Crippen LogP contribution is -2.09. The van der Waals surface area contributed by atoms with Gasteiger partial charge >= 0.3 is 0 Å². The minimum absolute atomic E-state index is 0.0862. The maximum atomic E-state index is 13.9. The van der Waals surface area contributed by atoms with E-state index in [1.807, 2.05) is 0 Å². The van der Waals surface area contributed by atoms with Crippen molar-refractivity contribution in [3.8, 4) is 21.8 Å². The Morgan fingerprint density at radius 2 is 1.80 bits per heavy atom. The van der Waals surface area contributed by atoms with Gasteiger partial charge in [0.2, 0.25) is 5.28 Å². The summed E-state index contributed by atoms with van der Waals surface area (Å²) in [7, 11) is -2.14. The third kappa shape index (κ3) is 4.16. The van der Waals surface area contributed by atoms with Gasteiger partial charge in [-0.3, -0.25) is 0 Å². The first-order valence-corrected chi connectivity index (χ1v) is 10.7. The Bertz CT molecular complexity index is 1250. The molecule has 3 N–H and O–H groups in total. The van der Waals surface area contributed by atoms with E-state index >= 15 is 0 Å². The summed E-state index contributed by atoms with van der Waals surface area (Å²) in [6.45, 7) is 0. The highest BCUT2D eigenvalue weighted by Gasteiger charge is 2.18. The van der Waals surface area contributed by atoms with Gasteiger partial charge in [0.15, 0.2) is 16.1 Å². The van der Waals surface area contributed by atoms with E-state index < -0.39 is 27.5 Å². The Morgan fingerprint density at radius 1 is 1.07 bits per heavy atom. The van der Waals surface area contributed by atoms with Crippen LogP contribution in [0.1, 0.15) is 0 Å². The Labute approximate surface area is 181 Å². The van der Waals surface area contributed by atoms with Crippen LogP contribution in [0.3, 0.4) is 0 Å². The van der Waals surface area contributed by atoms with Crippen LogP contribution in [0.2, 0.25) is 5.28 Å². The van der Waals surface area contributed by atoms with Crippen molar-refractivity contribution in [1.82, 2.24) is 15.0 Å². The molecule has 0 fully saturated rings. The van der Waals surface area contributed by atoms with Gasteiger partial charge in [0.05, 0.1) is 16.3 Å². The number of hydrogen-bond donors (Lipinski definition) is 2. The lowest BCUT2D eigenvalue weighted by atomic mass is 10.1. The fraction of sp³-hybridized carbons (Fsp3) is 0. The summed E-state index contributed by atoms with van der Waals surface area (Å²) in [4.78, 5) is 12.6. The van der Waals surface area contributed by atoms with Gasteiger partial charge in [0.25, 0.3) is 0 Å². The number of nitrogens with one attached hydrogen (secondary N) is 1. The monoisotopic (exact) mass is 463 g/mol. The largest absolute Gasteiger partial charge is 0.375 e. The molecule has 0 saturated carbocycles. The minimum Gasteiger partial charge on any atom is -0.375 e. The van der Waals surface area contributed by atoms with Gasteiger partial charge in [0, 0.05) is 17.4 Å². The lowest BCUT2D eigenvalue weighted by Gasteiger charge is -2.09. The first-order valence-electron chi connectivity index (χ1n) is 8.40. The summed E-state index contributed by atoms with van der Waals surface area (Å²) in [6, 6.07) is 11.7. The van der Waals surface area contributed by atoms with Crippen molar-refractivity contribution in [2.24, 2.45) is 0 Å². The van der Waals surface area contributed by atoms with Crippen molar-refractivity contribution >= 4 is 44.7 Å². The van der Waals surface area contributed by atoms with Crippen molar-refractivity contribution in [1.29, 1.82) is 0 Å². The van der Waals surface area contributed by atoms with E-state index in [0.717, 1.165) is 12.1 Å². The van der Waals surface area contributed by atoms with Gasteiger partial charge < -0.3 is 10.5 Å². The fourth-order valence-corrected chi connectivity index (χ4v) is 4.62. The van der Waals surface area contributed by atoms with Gasteiger partial charge in [-0.15, -0.1) is 0 Å². The smallest absolute Gasteiger partial charge is 0.222 e. The number of halogens is 3. The van der Waals surface area contributed by atoms with Crippen molar-refractivity contribution in [2.75, 3.05) is 10.5 Å². The second-order valence-electron chi connectivity index (χ2n) is 5.94. The van der Waals surface area contributed by atoms with E-state index in [-0.39, 0.29) is 5.28 Å². The summed E-state index contributed by atoms with van der Waals surface area (Å²) < 4.78 is 42.9. The lowest BCUT2D eigenvalue weighted by molar-refractivity contribution is 0.535. The van der Waals surface area contributed by atoms with Crippen LogP contribution in [-0.2, 0) is 11.0 Å². The Kier molecular flexibility index (Phi) is 5.71. The van der Waals surface area contributed by atoms with Crippen molar-refractivity contribution < 1.29 is 13.0 Å². The quantitative estimate of drug-likeness (QED) is 0.410. The highest BCUT2D eigenvalue weighted by molar-refractivity contribution is 7.86. The van der Waals surface area contributed by atoms with E-state index in [0.29, 0.717) is 32.6 Å². The molecule has 0 bridgehead atoms. The van der Waals surface area contributed by atoms with Gasteiger partial charge in [-0.1, -0.05) is 29.5 Å². The van der Waals surface area contributed by atoms with Crippen LogP contribution in [-0.4, -0.2) is 19.2 Å². The van der Waals surface area contributed by atoms with Crippen LogP contribution in [0.15, 0.2) is 59.6 Å². The molecule has 152 valence electrons. The second kappa shape index (κ2) is 8.42. The highest BCUT2D eigenvalue weighted by Crippen LogP contribution is 2.38. The maximum Gasteiger partial charge on any atom is 0.222 e. The van der Waals surface area contributed by atoms with E-state index in [1.54, 1.807) is 30.3 Å². The number of nitrogens with two attached hydrogens (primary N) is 1. The maximum absolute atomic E-state index is 13.9. The van der Waals surface area contributed by atoms with Crippen LogP contribution >= 0.6 is 22.9 Å². The average Bonchev–Trinajstić information content (AvgIpc) is 3.10. The molecule has 2 heterocycles. The number of rotatable bonds is 5. The molecule has 0 aliphatic heterocycles. The van der Waals surface area contributed by atoms with E-state index in [9.17, 15) is 13.0 Å². The standard InChI is InChI=1S/C19H12ClF2N5OS2/c20-18-24-8-7-14(25-18)16-15(26-19(23)29-16)10-3-1-4-11(9-10)27-30(28)17-12(21)5-2-6-13(17)22/h1-9,27H,(H2,23,26). The summed E-state index contributed by atoms with van der Waals surface area (Å²) in [5.41, 5.74) is 8.02. The molecule has 0 saturated heterocycles. The second-order valence-corrected chi connectivity index (χ2v) is 8.46. The van der Waals surface area contributed by atoms with Crippen LogP contribution in [0.4, 0.5) is 19.6 Å². The molecule has 1 atom stereocenters. The zero-order chi connectivity index (χ0) is 21.3. The molecule has 11 heteroatoms. The molecule has 2 aromatic heterocycles. The predicted molar refractivity (Wildman–Crippen MR) is 114 cm³/mol. The van der Waals surface area contributed by atoms with Gasteiger partial charge in [-0.05, 0) is 41.9 Å². The number of anilines is 2. The molecule has 6 nitrogen and oxygen atoms in total. The summed E-state index contributed by atoms with van der Waals surface area (Å²) in [5, 5.41) is 0.410. The molecule has 0 aliphatic rings. The zero-order valence-corrected chi connectivity index (χ0v) is 17.4. The molecule has 30 heavy (non-hydrogen) atoms. The van der Waals surface area contributed by atoms with Gasteiger partial charge in [0.1, 0.15) is 16.5 Å². The van der Waals surface area contributed by atoms with E-state index in [1.165, 1.54) is 23.6 Å². The van der Waals surface area contributed by atoms with Crippen LogP contribution < -0.4 is 10.5 Å². The van der Waals surface area contributed by atoms with Crippen LogP contribution in [0, 0.1) is 11.6 Å². The highest BCUT2D eigenvalue weighted by atomic mass is 35.5. The molecule has 0 amide bonds. The average molecular weight is 464 g/mol. The molecule has 2 aromatic carbocycles. The Hall–Kier alpha value is -2.95. The van der Waals surface area contributed by atoms with E-state index in [2.05, 4.69) is 19.7 Å². The first kappa shape index (κ1) is 20.3. The number of nitrogens with zero attached hydrogens (tertiary/aromatic N) is 3. The number of thiazole rings is 1. The molecule has 1 unspecified atom stereocenters. The molecular formula is C19H12ClF2N5OS2. The third-order valence-electron chi connectivity index (χ3n) is 3.95. The number of nitrogen functional groups attached to an aromatic ring is 1. The third-order valence-corrected chi connectivity index (χ3v) is 6.22. The zero-order valence-electron chi connectivity index (χ0n) is 15.0. The van der Waals surface area contributed by atoms with Gasteiger partial charge in [-0.25, -0.2) is 27.9 Å². The SMILES string of the molecule is Nc1nc(-c2cccc(NS(=O)c3c(F)cccc3F)c2)c(-c2ccnc(Cl)n2)s1. The van der Waals surface area contributed by atoms with Crippen molar-refractivity contribution in [3.05, 3.63) is 71.6 Å². The predicted octanol–water partition coefficient (Wildman–Crippen LogP) is 4.92. The number of aromatic nitrogens is 3. The topological polar surface area (TPSA) is 93.8 Å². The van der Waals surface area contributed by atoms with Crippen molar-refractivity contribution in [3.63, 3.8) is 0 Å². The minimum atomic E-state index is -2.14. The summed E-state index contributed by atoms with van der Waals surface area (Å²) in [6.07, 6.45) is 1.52. The first-order chi connectivity index (χ1) is 14.4. The van der Waals surface area contributed by atoms with Crippen LogP contribution in [0.5, 0.6) is 0 Å². The molecule has 4 aromatic rings.